The van der Waals surface area contributed by atoms with Crippen LogP contribution in [0.5, 0.6) is 0 Å². The predicted molar refractivity (Wildman–Crippen MR) is 182 cm³/mol. The van der Waals surface area contributed by atoms with Crippen molar-refractivity contribution < 1.29 is 23.7 Å². The number of ether oxygens (including phenoxy) is 5. The zero-order valence-electron chi connectivity index (χ0n) is 25.8. The predicted octanol–water partition coefficient (Wildman–Crippen LogP) is 8.48. The van der Waals surface area contributed by atoms with Gasteiger partial charge in [-0.2, -0.15) is 0 Å². The lowest BCUT2D eigenvalue weighted by Crippen LogP contribution is -2.50. The van der Waals surface area contributed by atoms with Crippen LogP contribution in [0, 0.1) is 0 Å². The lowest BCUT2D eigenvalue weighted by molar-refractivity contribution is -0.180. The highest BCUT2D eigenvalue weighted by atomic mass is 32.2. The Morgan fingerprint density at radius 3 is 1.26 bits per heavy atom. The lowest BCUT2D eigenvalue weighted by atomic mass is 10.0. The Balaban J connectivity index is 1.35. The molecule has 0 aromatic heterocycles. The van der Waals surface area contributed by atoms with Crippen LogP contribution in [-0.2, 0) is 50.1 Å². The molecule has 1 saturated heterocycles. The second-order valence-electron chi connectivity index (χ2n) is 11.3. The molecule has 6 heteroatoms. The Morgan fingerprint density at radius 2 is 0.804 bits per heavy atom. The summed E-state index contributed by atoms with van der Waals surface area (Å²) in [6, 6.07) is 51.2. The maximum atomic E-state index is 6.88. The average molecular weight is 633 g/mol. The van der Waals surface area contributed by atoms with E-state index in [0.717, 1.165) is 27.1 Å². The summed E-state index contributed by atoms with van der Waals surface area (Å²) < 4.78 is 33.9. The van der Waals surface area contributed by atoms with Gasteiger partial charge in [-0.25, -0.2) is 0 Å². The van der Waals surface area contributed by atoms with Gasteiger partial charge in [0.2, 0.25) is 0 Å². The van der Waals surface area contributed by atoms with Gasteiger partial charge in [0.05, 0.1) is 33.0 Å². The molecule has 5 aromatic rings. The van der Waals surface area contributed by atoms with Crippen LogP contribution in [0.4, 0.5) is 0 Å². The average Bonchev–Trinajstić information content (AvgIpc) is 3.26. The SMILES string of the molecule is c1ccc(CO[C@@H]2[C@@H](OCc3ccccc3)[C@H](OCc3ccccc3)CO[C@H](Sc3ccccc3)[C@H]2OCc2ccccc2)cc1. The van der Waals surface area contributed by atoms with Crippen LogP contribution >= 0.6 is 11.8 Å². The number of benzene rings is 5. The fourth-order valence-corrected chi connectivity index (χ4v) is 6.55. The molecule has 0 radical (unpaired) electrons. The topological polar surface area (TPSA) is 46.2 Å². The van der Waals surface area contributed by atoms with Gasteiger partial charge in [-0.3, -0.25) is 0 Å². The Hall–Kier alpha value is -3.75. The molecule has 5 nitrogen and oxygen atoms in total. The van der Waals surface area contributed by atoms with E-state index in [0.29, 0.717) is 33.0 Å². The molecule has 236 valence electrons. The van der Waals surface area contributed by atoms with Crippen LogP contribution in [0.2, 0.25) is 0 Å². The largest absolute Gasteiger partial charge is 0.368 e. The molecular weight excluding hydrogens is 593 g/mol. The van der Waals surface area contributed by atoms with Crippen LogP contribution in [0.3, 0.4) is 0 Å². The first-order chi connectivity index (χ1) is 22.8. The van der Waals surface area contributed by atoms with Gasteiger partial charge in [-0.1, -0.05) is 151 Å². The van der Waals surface area contributed by atoms with Crippen molar-refractivity contribution in [3.63, 3.8) is 0 Å². The summed E-state index contributed by atoms with van der Waals surface area (Å²) in [5.74, 6) is 0. The van der Waals surface area contributed by atoms with Crippen molar-refractivity contribution in [2.24, 2.45) is 0 Å². The quantitative estimate of drug-likeness (QED) is 0.122. The third-order valence-corrected chi connectivity index (χ3v) is 9.05. The van der Waals surface area contributed by atoms with Crippen molar-refractivity contribution in [2.45, 2.75) is 61.2 Å². The van der Waals surface area contributed by atoms with Gasteiger partial charge in [0.15, 0.2) is 0 Å². The fraction of sp³-hybridized carbons (Fsp3) is 0.250. The van der Waals surface area contributed by atoms with E-state index in [9.17, 15) is 0 Å². The second kappa shape index (κ2) is 17.2. The maximum absolute atomic E-state index is 6.88. The molecule has 0 aliphatic carbocycles. The van der Waals surface area contributed by atoms with E-state index in [2.05, 4.69) is 60.7 Å². The van der Waals surface area contributed by atoms with Gasteiger partial charge in [-0.05, 0) is 34.4 Å². The Morgan fingerprint density at radius 1 is 0.435 bits per heavy atom. The molecule has 1 heterocycles. The molecule has 1 aliphatic rings. The van der Waals surface area contributed by atoms with Gasteiger partial charge in [-0.15, -0.1) is 0 Å². The first-order valence-electron chi connectivity index (χ1n) is 15.8. The fourth-order valence-electron chi connectivity index (χ4n) is 5.45. The number of hydrogen-bond donors (Lipinski definition) is 0. The van der Waals surface area contributed by atoms with Crippen molar-refractivity contribution in [2.75, 3.05) is 6.61 Å². The van der Waals surface area contributed by atoms with Crippen LogP contribution in [0.25, 0.3) is 0 Å². The molecule has 0 bridgehead atoms. The van der Waals surface area contributed by atoms with Crippen molar-refractivity contribution >= 4 is 11.8 Å². The summed E-state index contributed by atoms with van der Waals surface area (Å²) in [6.07, 6.45) is -1.86. The van der Waals surface area contributed by atoms with E-state index in [1.165, 1.54) is 0 Å². The molecule has 0 spiro atoms. The third-order valence-electron chi connectivity index (χ3n) is 7.87. The second-order valence-corrected chi connectivity index (χ2v) is 12.4. The van der Waals surface area contributed by atoms with E-state index in [1.807, 2.05) is 91.0 Å². The molecule has 0 unspecified atom stereocenters. The first kappa shape index (κ1) is 32.2. The van der Waals surface area contributed by atoms with E-state index >= 15 is 0 Å². The molecule has 1 fully saturated rings. The van der Waals surface area contributed by atoms with Crippen molar-refractivity contribution in [1.82, 2.24) is 0 Å². The van der Waals surface area contributed by atoms with E-state index in [-0.39, 0.29) is 5.44 Å². The zero-order chi connectivity index (χ0) is 31.2. The molecule has 1 aliphatic heterocycles. The van der Waals surface area contributed by atoms with Gasteiger partial charge >= 0.3 is 0 Å². The molecule has 0 saturated carbocycles. The molecule has 5 atom stereocenters. The Labute approximate surface area is 276 Å². The molecular formula is C40H40O5S. The van der Waals surface area contributed by atoms with Crippen LogP contribution in [0.1, 0.15) is 22.3 Å². The first-order valence-corrected chi connectivity index (χ1v) is 16.7. The number of rotatable bonds is 14. The highest BCUT2D eigenvalue weighted by Gasteiger charge is 2.46. The summed E-state index contributed by atoms with van der Waals surface area (Å²) in [7, 11) is 0. The highest BCUT2D eigenvalue weighted by Crippen LogP contribution is 2.36. The van der Waals surface area contributed by atoms with E-state index in [1.54, 1.807) is 11.8 Å². The minimum absolute atomic E-state index is 0.327. The molecule has 0 amide bonds. The lowest BCUT2D eigenvalue weighted by Gasteiger charge is -2.36. The van der Waals surface area contributed by atoms with Crippen LogP contribution < -0.4 is 0 Å². The zero-order valence-corrected chi connectivity index (χ0v) is 26.6. The standard InChI is InChI=1S/C40H40O5S/c1-6-16-31(17-7-1)26-41-36-30-45-40(46-35-24-14-5-15-25-35)39(44-29-34-22-12-4-13-23-34)38(43-28-33-20-10-3-11-21-33)37(36)42-27-32-18-8-2-9-19-32/h1-25,36-40H,26-30H2/t36-,37+,38-,39+,40-/m1/s1. The minimum atomic E-state index is -0.503. The Bertz CT molecular complexity index is 1540. The minimum Gasteiger partial charge on any atom is -0.368 e. The highest BCUT2D eigenvalue weighted by molar-refractivity contribution is 7.99. The summed E-state index contributed by atoms with van der Waals surface area (Å²) >= 11 is 1.64. The van der Waals surface area contributed by atoms with Crippen LogP contribution in [-0.4, -0.2) is 36.5 Å². The smallest absolute Gasteiger partial charge is 0.136 e. The Kier molecular flexibility index (Phi) is 12.1. The molecule has 6 rings (SSSR count). The van der Waals surface area contributed by atoms with Crippen molar-refractivity contribution in [1.29, 1.82) is 0 Å². The third kappa shape index (κ3) is 9.39. The summed E-state index contributed by atoms with van der Waals surface area (Å²) in [4.78, 5) is 1.09. The molecule has 5 aromatic carbocycles. The van der Waals surface area contributed by atoms with Crippen molar-refractivity contribution in [3.05, 3.63) is 174 Å². The monoisotopic (exact) mass is 632 g/mol. The molecule has 0 N–H and O–H groups in total. The van der Waals surface area contributed by atoms with E-state index in [4.69, 9.17) is 23.7 Å². The van der Waals surface area contributed by atoms with Crippen molar-refractivity contribution in [3.8, 4) is 0 Å². The summed E-state index contributed by atoms with van der Waals surface area (Å²) in [5, 5.41) is 0. The van der Waals surface area contributed by atoms with E-state index < -0.39 is 24.4 Å². The molecule has 46 heavy (non-hydrogen) atoms. The maximum Gasteiger partial charge on any atom is 0.136 e. The van der Waals surface area contributed by atoms with Gasteiger partial charge < -0.3 is 23.7 Å². The summed E-state index contributed by atoms with van der Waals surface area (Å²) in [5.41, 5.74) is 3.94. The summed E-state index contributed by atoms with van der Waals surface area (Å²) in [6.45, 7) is 1.97. The normalized spacial score (nSPS) is 21.4. The van der Waals surface area contributed by atoms with Crippen LogP contribution in [0.15, 0.2) is 157 Å². The van der Waals surface area contributed by atoms with Gasteiger partial charge in [0.1, 0.15) is 29.9 Å². The number of thioether (sulfide) groups is 1. The van der Waals surface area contributed by atoms with Gasteiger partial charge in [0.25, 0.3) is 0 Å². The number of hydrogen-bond acceptors (Lipinski definition) is 6. The van der Waals surface area contributed by atoms with Gasteiger partial charge in [0, 0.05) is 4.90 Å².